The zero-order valence-electron chi connectivity index (χ0n) is 10.9. The number of likely N-dealkylation sites (tertiary alicyclic amines) is 1. The third kappa shape index (κ3) is 2.56. The fourth-order valence-corrected chi connectivity index (χ4v) is 3.02. The summed E-state index contributed by atoms with van der Waals surface area (Å²) in [5, 5.41) is 3.24. The first kappa shape index (κ1) is 13.8. The molecule has 2 atom stereocenters. The van der Waals surface area contributed by atoms with Crippen molar-refractivity contribution in [2.45, 2.75) is 43.7 Å². The third-order valence-corrected chi connectivity index (χ3v) is 4.06. The normalized spacial score (nSPS) is 28.0. The molecule has 0 aromatic carbocycles. The zero-order chi connectivity index (χ0) is 14.0. The number of carbonyl (C=O) groups excluding carboxylic acids is 3. The summed E-state index contributed by atoms with van der Waals surface area (Å²) in [7, 11) is 0. The van der Waals surface area contributed by atoms with Crippen LogP contribution in [0.15, 0.2) is 0 Å². The first-order valence-electron chi connectivity index (χ1n) is 6.60. The third-order valence-electron chi connectivity index (χ3n) is 4.06. The van der Waals surface area contributed by atoms with E-state index in [1.165, 1.54) is 4.90 Å². The van der Waals surface area contributed by atoms with Gasteiger partial charge in [-0.15, -0.1) is 0 Å². The van der Waals surface area contributed by atoms with E-state index in [9.17, 15) is 14.4 Å². The Hall–Kier alpha value is -1.63. The number of hydrogen-bond acceptors (Lipinski definition) is 4. The lowest BCUT2D eigenvalue weighted by molar-refractivity contribution is -0.140. The number of hydrogen-bond donors (Lipinski definition) is 3. The van der Waals surface area contributed by atoms with Crippen LogP contribution in [0.1, 0.15) is 32.1 Å². The van der Waals surface area contributed by atoms with Crippen molar-refractivity contribution in [1.82, 2.24) is 10.2 Å². The molecule has 1 spiro atoms. The van der Waals surface area contributed by atoms with Crippen LogP contribution in [0.2, 0.25) is 0 Å². The van der Waals surface area contributed by atoms with E-state index in [0.29, 0.717) is 13.0 Å². The molecule has 106 valence electrons. The molecular weight excluding hydrogens is 248 g/mol. The fraction of sp³-hybridized carbons (Fsp3) is 0.750. The van der Waals surface area contributed by atoms with Gasteiger partial charge in [0.05, 0.1) is 5.54 Å². The van der Waals surface area contributed by atoms with Crippen molar-refractivity contribution in [1.29, 1.82) is 0 Å². The Bertz CT molecular complexity index is 404. The van der Waals surface area contributed by atoms with Crippen LogP contribution in [0.5, 0.6) is 0 Å². The van der Waals surface area contributed by atoms with Crippen LogP contribution >= 0.6 is 0 Å². The van der Waals surface area contributed by atoms with Gasteiger partial charge in [0.2, 0.25) is 17.7 Å². The van der Waals surface area contributed by atoms with Gasteiger partial charge in [-0.1, -0.05) is 0 Å². The van der Waals surface area contributed by atoms with E-state index >= 15 is 0 Å². The van der Waals surface area contributed by atoms with E-state index in [2.05, 4.69) is 5.32 Å². The lowest BCUT2D eigenvalue weighted by atomic mass is 9.96. The highest BCUT2D eigenvalue weighted by atomic mass is 16.2. The quantitative estimate of drug-likeness (QED) is 0.560. The van der Waals surface area contributed by atoms with Crippen LogP contribution in [-0.4, -0.2) is 47.3 Å². The van der Waals surface area contributed by atoms with Crippen molar-refractivity contribution in [3.8, 4) is 0 Å². The van der Waals surface area contributed by atoms with Gasteiger partial charge in [0.25, 0.3) is 0 Å². The number of carbonyl (C=O) groups is 3. The highest BCUT2D eigenvalue weighted by Crippen LogP contribution is 2.33. The van der Waals surface area contributed by atoms with E-state index in [0.717, 1.165) is 19.4 Å². The zero-order valence-corrected chi connectivity index (χ0v) is 10.9. The number of nitrogens with one attached hydrogen (secondary N) is 1. The van der Waals surface area contributed by atoms with E-state index in [1.54, 1.807) is 0 Å². The molecule has 0 bridgehead atoms. The van der Waals surface area contributed by atoms with Gasteiger partial charge in [0.1, 0.15) is 6.04 Å². The van der Waals surface area contributed by atoms with Crippen molar-refractivity contribution >= 4 is 17.7 Å². The topological polar surface area (TPSA) is 119 Å². The molecule has 19 heavy (non-hydrogen) atoms. The molecule has 2 saturated heterocycles. The van der Waals surface area contributed by atoms with Crippen LogP contribution in [0, 0.1) is 0 Å². The predicted molar refractivity (Wildman–Crippen MR) is 67.7 cm³/mol. The van der Waals surface area contributed by atoms with Crippen LogP contribution in [0.3, 0.4) is 0 Å². The van der Waals surface area contributed by atoms with E-state index in [4.69, 9.17) is 11.5 Å². The first-order chi connectivity index (χ1) is 8.96. The van der Waals surface area contributed by atoms with Crippen molar-refractivity contribution < 1.29 is 14.4 Å². The second-order valence-electron chi connectivity index (χ2n) is 5.28. The average molecular weight is 268 g/mol. The minimum atomic E-state index is -0.734. The van der Waals surface area contributed by atoms with Crippen molar-refractivity contribution in [2.24, 2.45) is 11.5 Å². The predicted octanol–water partition coefficient (Wildman–Crippen LogP) is -1.54. The smallest absolute Gasteiger partial charge is 0.243 e. The molecule has 0 aromatic rings. The molecule has 2 heterocycles. The lowest BCUT2D eigenvalue weighted by Gasteiger charge is -2.28. The molecule has 2 fully saturated rings. The lowest BCUT2D eigenvalue weighted by Crippen LogP contribution is -2.52. The van der Waals surface area contributed by atoms with Gasteiger partial charge in [-0.2, -0.15) is 0 Å². The largest absolute Gasteiger partial charge is 0.370 e. The van der Waals surface area contributed by atoms with E-state index in [1.807, 2.05) is 0 Å². The van der Waals surface area contributed by atoms with Gasteiger partial charge in [-0.25, -0.2) is 0 Å². The van der Waals surface area contributed by atoms with E-state index in [-0.39, 0.29) is 18.7 Å². The summed E-state index contributed by atoms with van der Waals surface area (Å²) in [4.78, 5) is 36.3. The molecule has 0 aromatic heterocycles. The van der Waals surface area contributed by atoms with Crippen LogP contribution in [0.25, 0.3) is 0 Å². The van der Waals surface area contributed by atoms with E-state index < -0.39 is 23.4 Å². The maximum atomic E-state index is 12.5. The summed E-state index contributed by atoms with van der Waals surface area (Å²) < 4.78 is 0. The number of rotatable bonds is 5. The van der Waals surface area contributed by atoms with Gasteiger partial charge in [0.15, 0.2) is 0 Å². The molecule has 2 aliphatic heterocycles. The van der Waals surface area contributed by atoms with Gasteiger partial charge in [0, 0.05) is 13.0 Å². The molecule has 2 rings (SSSR count). The van der Waals surface area contributed by atoms with Crippen LogP contribution in [0.4, 0.5) is 0 Å². The number of nitrogens with two attached hydrogens (primary N) is 2. The molecule has 0 saturated carbocycles. The molecular formula is C12H20N4O3. The second-order valence-corrected chi connectivity index (χ2v) is 5.28. The summed E-state index contributed by atoms with van der Waals surface area (Å²) in [6, 6.07) is -0.734. The Morgan fingerprint density at radius 2 is 2.11 bits per heavy atom. The Morgan fingerprint density at radius 3 is 2.63 bits per heavy atom. The summed E-state index contributed by atoms with van der Waals surface area (Å²) in [5.74, 6) is -1.14. The standard InChI is InChI=1S/C12H20N4O3/c13-9(17)3-2-8(10(14)18)16-7-5-12(11(16)19)4-1-6-15-12/h8,15H,1-7H2,(H2,13,17)(H2,14,18)/t8-,12?/m0/s1. The minimum absolute atomic E-state index is 0.0534. The SMILES string of the molecule is NC(=O)CC[C@@H](C(N)=O)N1CCC2(CCCN2)C1=O. The van der Waals surface area contributed by atoms with Crippen LogP contribution in [-0.2, 0) is 14.4 Å². The maximum absolute atomic E-state index is 12.5. The van der Waals surface area contributed by atoms with Gasteiger partial charge < -0.3 is 21.7 Å². The Balaban J connectivity index is 2.08. The molecule has 7 nitrogen and oxygen atoms in total. The molecule has 7 heteroatoms. The number of amides is 3. The molecule has 0 radical (unpaired) electrons. The summed E-state index contributed by atoms with van der Waals surface area (Å²) in [6.07, 6.45) is 2.70. The highest BCUT2D eigenvalue weighted by molar-refractivity contribution is 5.93. The maximum Gasteiger partial charge on any atom is 0.243 e. The molecule has 2 aliphatic rings. The Labute approximate surface area is 111 Å². The minimum Gasteiger partial charge on any atom is -0.370 e. The fourth-order valence-electron chi connectivity index (χ4n) is 3.02. The first-order valence-corrected chi connectivity index (χ1v) is 6.60. The Morgan fingerprint density at radius 1 is 1.37 bits per heavy atom. The molecule has 0 aliphatic carbocycles. The summed E-state index contributed by atoms with van der Waals surface area (Å²) in [6.45, 7) is 1.32. The van der Waals surface area contributed by atoms with Crippen molar-refractivity contribution in [2.75, 3.05) is 13.1 Å². The number of primary amides is 2. The molecule has 3 amide bonds. The molecule has 1 unspecified atom stereocenters. The van der Waals surface area contributed by atoms with Gasteiger partial charge in [-0.05, 0) is 32.2 Å². The average Bonchev–Trinajstić information content (AvgIpc) is 2.92. The highest BCUT2D eigenvalue weighted by Gasteiger charge is 2.50. The second kappa shape index (κ2) is 5.16. The van der Waals surface area contributed by atoms with Crippen molar-refractivity contribution in [3.63, 3.8) is 0 Å². The monoisotopic (exact) mass is 268 g/mol. The van der Waals surface area contributed by atoms with Crippen LogP contribution < -0.4 is 16.8 Å². The summed E-state index contributed by atoms with van der Waals surface area (Å²) >= 11 is 0. The summed E-state index contributed by atoms with van der Waals surface area (Å²) in [5.41, 5.74) is 9.92. The van der Waals surface area contributed by atoms with Gasteiger partial charge in [-0.3, -0.25) is 14.4 Å². The van der Waals surface area contributed by atoms with Gasteiger partial charge >= 0.3 is 0 Å². The van der Waals surface area contributed by atoms with Crippen molar-refractivity contribution in [3.05, 3.63) is 0 Å². The Kier molecular flexibility index (Phi) is 3.75. The number of nitrogens with zero attached hydrogens (tertiary/aromatic N) is 1. The molecule has 5 N–H and O–H groups in total.